The Morgan fingerprint density at radius 3 is 2.36 bits per heavy atom. The van der Waals surface area contributed by atoms with Crippen LogP contribution in [0.2, 0.25) is 0 Å². The number of aliphatic imine (C=N–C) groups is 1. The first-order valence-corrected chi connectivity index (χ1v) is 10.6. The second-order valence-corrected chi connectivity index (χ2v) is 8.25. The Kier molecular flexibility index (Phi) is 10.6. The fourth-order valence-corrected chi connectivity index (χ4v) is 3.39. The number of guanidine groups is 1. The lowest BCUT2D eigenvalue weighted by Gasteiger charge is -2.31. The highest BCUT2D eigenvalue weighted by molar-refractivity contribution is 6.40. The smallest absolute Gasteiger partial charge is 0.305 e. The van der Waals surface area contributed by atoms with Gasteiger partial charge in [0, 0.05) is 19.4 Å². The van der Waals surface area contributed by atoms with E-state index in [1.807, 2.05) is 0 Å². The quantitative estimate of drug-likeness (QED) is 0.0971. The molecule has 0 aromatic carbocycles. The number of nitrogens with one attached hydrogen (secondary N) is 1. The number of carbonyl (C=O) groups excluding carboxylic acids is 5. The number of nitrogens with zero attached hydrogens (tertiary/aromatic N) is 2. The summed E-state index contributed by atoms with van der Waals surface area (Å²) in [6.45, 7) is 3.66. The number of hydrogen-bond donors (Lipinski definition) is 5. The van der Waals surface area contributed by atoms with Gasteiger partial charge >= 0.3 is 5.97 Å². The maximum Gasteiger partial charge on any atom is 0.305 e. The van der Waals surface area contributed by atoms with E-state index in [4.69, 9.17) is 22.3 Å². The summed E-state index contributed by atoms with van der Waals surface area (Å²) in [5.41, 5.74) is 16.1. The van der Waals surface area contributed by atoms with Crippen LogP contribution in [0.4, 0.5) is 0 Å². The van der Waals surface area contributed by atoms with Crippen LogP contribution in [0.3, 0.4) is 0 Å². The molecule has 1 heterocycles. The Balaban J connectivity index is 3.20. The molecular formula is C20H32N6O7. The van der Waals surface area contributed by atoms with Crippen molar-refractivity contribution in [3.63, 3.8) is 0 Å². The number of aliphatic carboxylic acids is 1. The van der Waals surface area contributed by atoms with Crippen LogP contribution in [0.15, 0.2) is 4.99 Å². The van der Waals surface area contributed by atoms with Gasteiger partial charge in [-0.25, -0.2) is 0 Å². The van der Waals surface area contributed by atoms with E-state index in [0.29, 0.717) is 0 Å². The fourth-order valence-electron chi connectivity index (χ4n) is 3.39. The zero-order valence-electron chi connectivity index (χ0n) is 18.8. The molecule has 0 bridgehead atoms. The van der Waals surface area contributed by atoms with Crippen LogP contribution in [0, 0.1) is 5.92 Å². The third-order valence-electron chi connectivity index (χ3n) is 4.94. The molecule has 0 aromatic rings. The Morgan fingerprint density at radius 1 is 1.18 bits per heavy atom. The summed E-state index contributed by atoms with van der Waals surface area (Å²) < 4.78 is 0. The lowest BCUT2D eigenvalue weighted by molar-refractivity contribution is -0.153. The summed E-state index contributed by atoms with van der Waals surface area (Å²) in [7, 11) is 0. The number of carboxylic acids is 1. The molecule has 13 heteroatoms. The molecule has 1 unspecified atom stereocenters. The molecule has 3 amide bonds. The van der Waals surface area contributed by atoms with Crippen LogP contribution < -0.4 is 22.5 Å². The standard InChI is InChI=1S/C20H32N6O7/c1-10(2)8-12(25-18(32)11(21)9-16(29)30)19(33)26-13(4-3-7-24-20(22)23)17(31)14(27)5-6-15(26)28/h10-13H,3-9,21H2,1-2H3,(H,25,32)(H,29,30)(H4,22,23,24)/t11-,12-,13?/m0/s1. The molecule has 1 rings (SSSR count). The zero-order valence-corrected chi connectivity index (χ0v) is 18.8. The normalized spacial score (nSPS) is 18.5. The monoisotopic (exact) mass is 468 g/mol. The summed E-state index contributed by atoms with van der Waals surface area (Å²) in [5.74, 6) is -5.69. The first-order valence-electron chi connectivity index (χ1n) is 10.6. The fraction of sp³-hybridized carbons (Fsp3) is 0.650. The second-order valence-electron chi connectivity index (χ2n) is 8.25. The molecule has 1 fully saturated rings. The van der Waals surface area contributed by atoms with Gasteiger partial charge in [0.25, 0.3) is 5.91 Å². The number of ketones is 2. The number of hydrogen-bond acceptors (Lipinski definition) is 8. The van der Waals surface area contributed by atoms with Crippen LogP contribution in [-0.4, -0.2) is 75.9 Å². The van der Waals surface area contributed by atoms with Gasteiger partial charge in [-0.05, 0) is 25.2 Å². The van der Waals surface area contributed by atoms with E-state index >= 15 is 0 Å². The summed E-state index contributed by atoms with van der Waals surface area (Å²) in [5, 5.41) is 11.2. The van der Waals surface area contributed by atoms with Crippen molar-refractivity contribution in [1.29, 1.82) is 0 Å². The summed E-state index contributed by atoms with van der Waals surface area (Å²) in [4.78, 5) is 78.7. The number of amides is 3. The number of likely N-dealkylation sites (tertiary alicyclic amines) is 1. The highest BCUT2D eigenvalue weighted by atomic mass is 16.4. The van der Waals surface area contributed by atoms with Gasteiger partial charge in [0.1, 0.15) is 12.1 Å². The molecule has 0 saturated carbocycles. The van der Waals surface area contributed by atoms with E-state index in [1.165, 1.54) is 0 Å². The average Bonchev–Trinajstić information content (AvgIpc) is 2.80. The number of nitrogens with two attached hydrogens (primary N) is 3. The van der Waals surface area contributed by atoms with E-state index in [0.717, 1.165) is 4.90 Å². The highest BCUT2D eigenvalue weighted by Gasteiger charge is 2.42. The molecule has 0 radical (unpaired) electrons. The number of carboxylic acid groups (broad SMARTS) is 1. The van der Waals surface area contributed by atoms with E-state index in [9.17, 15) is 28.8 Å². The van der Waals surface area contributed by atoms with Gasteiger partial charge in [-0.3, -0.25) is 38.7 Å². The highest BCUT2D eigenvalue weighted by Crippen LogP contribution is 2.20. The largest absolute Gasteiger partial charge is 0.481 e. The van der Waals surface area contributed by atoms with Crippen molar-refractivity contribution in [2.75, 3.05) is 6.54 Å². The first-order chi connectivity index (χ1) is 15.3. The number of carbonyl (C=O) groups is 6. The second kappa shape index (κ2) is 12.6. The van der Waals surface area contributed by atoms with Crippen LogP contribution in [0.1, 0.15) is 52.4 Å². The van der Waals surface area contributed by atoms with Gasteiger partial charge in [0.15, 0.2) is 5.96 Å². The molecule has 33 heavy (non-hydrogen) atoms. The minimum absolute atomic E-state index is 0.0420. The van der Waals surface area contributed by atoms with Crippen LogP contribution >= 0.6 is 0 Å². The maximum atomic E-state index is 13.4. The average molecular weight is 469 g/mol. The van der Waals surface area contributed by atoms with Crippen LogP contribution in [0.5, 0.6) is 0 Å². The molecule has 13 nitrogen and oxygen atoms in total. The summed E-state index contributed by atoms with van der Waals surface area (Å²) >= 11 is 0. The van der Waals surface area contributed by atoms with Gasteiger partial charge < -0.3 is 27.6 Å². The van der Waals surface area contributed by atoms with Crippen LogP contribution in [-0.2, 0) is 28.8 Å². The van der Waals surface area contributed by atoms with Crippen molar-refractivity contribution >= 4 is 41.2 Å². The molecular weight excluding hydrogens is 436 g/mol. The SMILES string of the molecule is CC(C)C[C@H](NC(=O)[C@@H](N)CC(=O)O)C(=O)N1C(=O)CCC(=O)C(=O)C1CCCN=C(N)N. The van der Waals surface area contributed by atoms with Crippen molar-refractivity contribution in [3.05, 3.63) is 0 Å². The molecule has 1 aliphatic rings. The van der Waals surface area contributed by atoms with Gasteiger partial charge in [-0.15, -0.1) is 0 Å². The zero-order chi connectivity index (χ0) is 25.3. The first kappa shape index (κ1) is 27.7. The van der Waals surface area contributed by atoms with Crippen molar-refractivity contribution in [1.82, 2.24) is 10.2 Å². The minimum Gasteiger partial charge on any atom is -0.481 e. The van der Waals surface area contributed by atoms with Crippen molar-refractivity contribution in [2.45, 2.75) is 70.5 Å². The molecule has 0 aliphatic carbocycles. The number of imide groups is 1. The predicted molar refractivity (Wildman–Crippen MR) is 116 cm³/mol. The van der Waals surface area contributed by atoms with E-state index in [-0.39, 0.29) is 50.5 Å². The van der Waals surface area contributed by atoms with Gasteiger partial charge in [0.05, 0.1) is 12.5 Å². The van der Waals surface area contributed by atoms with Crippen LogP contribution in [0.25, 0.3) is 0 Å². The Bertz CT molecular complexity index is 822. The molecule has 184 valence electrons. The summed E-state index contributed by atoms with van der Waals surface area (Å²) in [6, 6.07) is -4.01. The minimum atomic E-state index is -1.41. The van der Waals surface area contributed by atoms with Gasteiger partial charge in [-0.2, -0.15) is 0 Å². The lowest BCUT2D eigenvalue weighted by Crippen LogP contribution is -2.58. The summed E-state index contributed by atoms with van der Waals surface area (Å²) in [6.07, 6.45) is -1.05. The molecule has 0 aromatic heterocycles. The third kappa shape index (κ3) is 8.60. The number of Topliss-reactive ketones (excluding diaryl/α,β-unsaturated/α-hetero) is 2. The third-order valence-corrected chi connectivity index (χ3v) is 4.94. The van der Waals surface area contributed by atoms with Crippen molar-refractivity contribution in [3.8, 4) is 0 Å². The molecule has 0 spiro atoms. The van der Waals surface area contributed by atoms with Gasteiger partial charge in [0.2, 0.25) is 23.4 Å². The maximum absolute atomic E-state index is 13.4. The Labute approximate surface area is 191 Å². The molecule has 1 aliphatic heterocycles. The predicted octanol–water partition coefficient (Wildman–Crippen LogP) is -1.97. The van der Waals surface area contributed by atoms with Crippen molar-refractivity contribution < 1.29 is 33.9 Å². The topological polar surface area (TPSA) is 228 Å². The Morgan fingerprint density at radius 2 is 1.82 bits per heavy atom. The van der Waals surface area contributed by atoms with Gasteiger partial charge in [-0.1, -0.05) is 13.8 Å². The lowest BCUT2D eigenvalue weighted by atomic mass is 9.98. The molecule has 1 saturated heterocycles. The number of rotatable bonds is 11. The van der Waals surface area contributed by atoms with E-state index in [1.54, 1.807) is 13.8 Å². The molecule has 8 N–H and O–H groups in total. The Hall–Kier alpha value is -3.35. The van der Waals surface area contributed by atoms with E-state index in [2.05, 4.69) is 10.3 Å². The van der Waals surface area contributed by atoms with Crippen molar-refractivity contribution in [2.24, 2.45) is 28.1 Å². The molecule has 3 atom stereocenters. The van der Waals surface area contributed by atoms with E-state index < -0.39 is 59.8 Å².